The van der Waals surface area contributed by atoms with Gasteiger partial charge in [-0.25, -0.2) is 14.8 Å². The highest BCUT2D eigenvalue weighted by molar-refractivity contribution is 7.12. The monoisotopic (exact) mass is 354 g/mol. The van der Waals surface area contributed by atoms with Gasteiger partial charge in [0.15, 0.2) is 5.78 Å². The summed E-state index contributed by atoms with van der Waals surface area (Å²) in [6.45, 7) is 4.01. The molecule has 0 saturated heterocycles. The van der Waals surface area contributed by atoms with E-state index in [-0.39, 0.29) is 12.4 Å². The summed E-state index contributed by atoms with van der Waals surface area (Å²) in [5, 5.41) is 1.87. The Kier molecular flexibility index (Phi) is 5.19. The highest BCUT2D eigenvalue weighted by atomic mass is 32.1. The number of aryl methyl sites for hydroxylation is 2. The quantitative estimate of drug-likeness (QED) is 0.378. The van der Waals surface area contributed by atoms with Crippen LogP contribution in [-0.4, -0.2) is 28.3 Å². The summed E-state index contributed by atoms with van der Waals surface area (Å²) in [7, 11) is 0. The molecule has 0 aliphatic heterocycles. The van der Waals surface area contributed by atoms with Crippen molar-refractivity contribution in [2.45, 2.75) is 26.7 Å². The fraction of sp³-hybridized carbons (Fsp3) is 0.263. The number of carbonyl (C=O) groups is 2. The number of benzene rings is 1. The number of Topliss-reactive ketones (excluding diaryl/α,β-unsaturated/α-hetero) is 1. The van der Waals surface area contributed by atoms with Gasteiger partial charge in [0.2, 0.25) is 0 Å². The highest BCUT2D eigenvalue weighted by Gasteiger charge is 2.11. The minimum Gasteiger partial charge on any atom is -0.462 e. The Hall–Kier alpha value is -2.60. The summed E-state index contributed by atoms with van der Waals surface area (Å²) in [4.78, 5) is 33.7. The van der Waals surface area contributed by atoms with Crippen LogP contribution in [0.15, 0.2) is 35.7 Å². The minimum atomic E-state index is -0.412. The second-order valence-electron chi connectivity index (χ2n) is 5.74. The molecule has 2 aromatic heterocycles. The molecular formula is C19H18N2O3S. The first-order valence-electron chi connectivity index (χ1n) is 8.03. The lowest BCUT2D eigenvalue weighted by Gasteiger charge is -2.06. The zero-order valence-corrected chi connectivity index (χ0v) is 14.9. The van der Waals surface area contributed by atoms with Crippen LogP contribution in [0.1, 0.15) is 44.3 Å². The van der Waals surface area contributed by atoms with Crippen molar-refractivity contribution >= 4 is 34.1 Å². The Morgan fingerprint density at radius 3 is 2.56 bits per heavy atom. The highest BCUT2D eigenvalue weighted by Crippen LogP contribution is 2.16. The van der Waals surface area contributed by atoms with Gasteiger partial charge in [-0.15, -0.1) is 11.3 Å². The van der Waals surface area contributed by atoms with E-state index in [4.69, 9.17) is 4.74 Å². The van der Waals surface area contributed by atoms with Crippen molar-refractivity contribution in [2.75, 3.05) is 6.61 Å². The fourth-order valence-corrected chi connectivity index (χ4v) is 3.09. The number of hydrogen-bond donors (Lipinski definition) is 0. The van der Waals surface area contributed by atoms with Crippen molar-refractivity contribution < 1.29 is 14.3 Å². The van der Waals surface area contributed by atoms with Gasteiger partial charge in [-0.05, 0) is 49.9 Å². The van der Waals surface area contributed by atoms with Gasteiger partial charge in [0, 0.05) is 6.42 Å². The largest absolute Gasteiger partial charge is 0.462 e. The molecule has 128 valence electrons. The molecule has 6 heteroatoms. The molecule has 0 N–H and O–H groups in total. The third-order valence-electron chi connectivity index (χ3n) is 3.89. The average Bonchev–Trinajstić information content (AvgIpc) is 3.13. The van der Waals surface area contributed by atoms with Gasteiger partial charge in [0.1, 0.15) is 0 Å². The van der Waals surface area contributed by atoms with Crippen LogP contribution in [0.4, 0.5) is 0 Å². The van der Waals surface area contributed by atoms with Gasteiger partial charge in [-0.3, -0.25) is 4.79 Å². The molecule has 3 rings (SSSR count). The topological polar surface area (TPSA) is 69.2 Å². The van der Waals surface area contributed by atoms with Crippen molar-refractivity contribution in [3.8, 4) is 0 Å². The smallest absolute Gasteiger partial charge is 0.338 e. The van der Waals surface area contributed by atoms with Crippen molar-refractivity contribution in [3.05, 3.63) is 57.5 Å². The third-order valence-corrected chi connectivity index (χ3v) is 4.80. The lowest BCUT2D eigenvalue weighted by molar-refractivity contribution is 0.0494. The standard InChI is InChI=1S/C19H18N2O3S/c1-12-13(2)21-16-11-14(7-8-15(16)20-12)19(23)24-9-3-5-17(22)18-6-4-10-25-18/h4,6-8,10-11H,3,5,9H2,1-2H3. The minimum absolute atomic E-state index is 0.0814. The molecule has 2 heterocycles. The molecule has 3 aromatic rings. The normalized spacial score (nSPS) is 10.8. The second-order valence-corrected chi connectivity index (χ2v) is 6.69. The van der Waals surface area contributed by atoms with Gasteiger partial charge >= 0.3 is 5.97 Å². The van der Waals surface area contributed by atoms with Crippen molar-refractivity contribution in [2.24, 2.45) is 0 Å². The van der Waals surface area contributed by atoms with Gasteiger partial charge in [0.25, 0.3) is 0 Å². The number of fused-ring (bicyclic) bond motifs is 1. The molecule has 0 saturated carbocycles. The van der Waals surface area contributed by atoms with Crippen LogP contribution < -0.4 is 0 Å². The lowest BCUT2D eigenvalue weighted by Crippen LogP contribution is -2.08. The first-order chi connectivity index (χ1) is 12.0. The summed E-state index contributed by atoms with van der Waals surface area (Å²) in [6, 6.07) is 8.80. The number of hydrogen-bond acceptors (Lipinski definition) is 6. The molecule has 0 radical (unpaired) electrons. The molecule has 0 spiro atoms. The second kappa shape index (κ2) is 7.53. The summed E-state index contributed by atoms with van der Waals surface area (Å²) >= 11 is 1.43. The van der Waals surface area contributed by atoms with E-state index in [1.807, 2.05) is 25.3 Å². The Bertz CT molecular complexity index is 920. The summed E-state index contributed by atoms with van der Waals surface area (Å²) in [6.07, 6.45) is 0.879. The Morgan fingerprint density at radius 2 is 1.84 bits per heavy atom. The third kappa shape index (κ3) is 4.09. The molecule has 0 aliphatic carbocycles. The van der Waals surface area contributed by atoms with E-state index < -0.39 is 5.97 Å². The number of carbonyl (C=O) groups excluding carboxylic acids is 2. The zero-order chi connectivity index (χ0) is 17.8. The summed E-state index contributed by atoms with van der Waals surface area (Å²) in [5.41, 5.74) is 3.57. The number of rotatable bonds is 6. The SMILES string of the molecule is Cc1nc2ccc(C(=O)OCCCC(=O)c3cccs3)cc2nc1C. The van der Waals surface area contributed by atoms with Gasteiger partial charge in [-0.2, -0.15) is 0 Å². The number of ether oxygens (including phenoxy) is 1. The summed E-state index contributed by atoms with van der Waals surface area (Å²) < 4.78 is 5.26. The summed E-state index contributed by atoms with van der Waals surface area (Å²) in [5.74, 6) is -0.330. The molecule has 5 nitrogen and oxygen atoms in total. The van der Waals surface area contributed by atoms with E-state index in [9.17, 15) is 9.59 Å². The van der Waals surface area contributed by atoms with Crippen molar-refractivity contribution in [1.82, 2.24) is 9.97 Å². The van der Waals surface area contributed by atoms with Crippen LogP contribution in [0.25, 0.3) is 11.0 Å². The Labute approximate surface area is 149 Å². The van der Waals surface area contributed by atoms with Crippen LogP contribution in [-0.2, 0) is 4.74 Å². The van der Waals surface area contributed by atoms with Gasteiger partial charge < -0.3 is 4.74 Å². The maximum Gasteiger partial charge on any atom is 0.338 e. The maximum atomic E-state index is 12.2. The van der Waals surface area contributed by atoms with E-state index in [1.165, 1.54) is 11.3 Å². The molecular weight excluding hydrogens is 336 g/mol. The van der Waals surface area contributed by atoms with Crippen molar-refractivity contribution in [3.63, 3.8) is 0 Å². The Morgan fingerprint density at radius 1 is 1.08 bits per heavy atom. The van der Waals surface area contributed by atoms with Crippen LogP contribution in [0.3, 0.4) is 0 Å². The van der Waals surface area contributed by atoms with Crippen molar-refractivity contribution in [1.29, 1.82) is 0 Å². The number of thiophene rings is 1. The molecule has 0 amide bonds. The van der Waals surface area contributed by atoms with E-state index in [0.29, 0.717) is 23.9 Å². The number of aromatic nitrogens is 2. The van der Waals surface area contributed by atoms with Crippen LogP contribution in [0.5, 0.6) is 0 Å². The molecule has 0 fully saturated rings. The van der Waals surface area contributed by atoms with E-state index in [0.717, 1.165) is 21.8 Å². The molecule has 0 aliphatic rings. The zero-order valence-electron chi connectivity index (χ0n) is 14.1. The van der Waals surface area contributed by atoms with E-state index in [2.05, 4.69) is 9.97 Å². The number of nitrogens with zero attached hydrogens (tertiary/aromatic N) is 2. The van der Waals surface area contributed by atoms with Crippen LogP contribution >= 0.6 is 11.3 Å². The maximum absolute atomic E-state index is 12.2. The first kappa shape index (κ1) is 17.2. The number of ketones is 1. The molecule has 1 aromatic carbocycles. The molecule has 0 bridgehead atoms. The predicted octanol–water partition coefficient (Wildman–Crippen LogP) is 4.13. The van der Waals surface area contributed by atoms with Gasteiger partial charge in [-0.1, -0.05) is 6.07 Å². The number of esters is 1. The first-order valence-corrected chi connectivity index (χ1v) is 8.91. The van der Waals surface area contributed by atoms with E-state index in [1.54, 1.807) is 24.3 Å². The lowest BCUT2D eigenvalue weighted by atomic mass is 10.2. The Balaban J connectivity index is 1.57. The predicted molar refractivity (Wildman–Crippen MR) is 97.2 cm³/mol. The van der Waals surface area contributed by atoms with Crippen LogP contribution in [0.2, 0.25) is 0 Å². The molecule has 25 heavy (non-hydrogen) atoms. The average molecular weight is 354 g/mol. The van der Waals surface area contributed by atoms with E-state index >= 15 is 0 Å². The fourth-order valence-electron chi connectivity index (χ4n) is 2.40. The van der Waals surface area contributed by atoms with Crippen LogP contribution in [0, 0.1) is 13.8 Å². The van der Waals surface area contributed by atoms with Gasteiger partial charge in [0.05, 0.1) is 39.5 Å². The molecule has 0 atom stereocenters. The molecule has 0 unspecified atom stereocenters.